The number of nitrogens with zero attached hydrogens (tertiary/aromatic N) is 4. The molecule has 0 unspecified atom stereocenters. The Labute approximate surface area is 167 Å². The number of para-hydroxylation sites is 3. The average molecular weight is 385 g/mol. The first-order valence-electron chi connectivity index (χ1n) is 8.88. The van der Waals surface area contributed by atoms with Crippen molar-refractivity contribution in [3.8, 4) is 0 Å². The van der Waals surface area contributed by atoms with Crippen LogP contribution < -0.4 is 14.8 Å². The van der Waals surface area contributed by atoms with E-state index in [1.165, 1.54) is 11.3 Å². The van der Waals surface area contributed by atoms with Crippen LogP contribution in [0.1, 0.15) is 0 Å². The maximum absolute atomic E-state index is 4.80. The van der Waals surface area contributed by atoms with Gasteiger partial charge in [-0.3, -0.25) is 0 Å². The number of hydrogen-bond acceptors (Lipinski definition) is 5. The summed E-state index contributed by atoms with van der Waals surface area (Å²) in [5.74, 6) is 0.689. The molecular weight excluding hydrogens is 366 g/mol. The molecule has 0 fully saturated rings. The SMILES string of the molecule is Cn1nc(Nc2ccccc2)c(=Nc2ccccc2)sc1=Nc1ccccc1. The van der Waals surface area contributed by atoms with Crippen molar-refractivity contribution in [2.45, 2.75) is 0 Å². The third kappa shape index (κ3) is 4.42. The summed E-state index contributed by atoms with van der Waals surface area (Å²) in [6, 6.07) is 29.7. The third-order valence-corrected chi connectivity index (χ3v) is 4.94. The van der Waals surface area contributed by atoms with Crippen molar-refractivity contribution in [1.29, 1.82) is 0 Å². The Balaban J connectivity index is 1.87. The van der Waals surface area contributed by atoms with Gasteiger partial charge in [-0.2, -0.15) is 0 Å². The zero-order chi connectivity index (χ0) is 19.2. The summed E-state index contributed by atoms with van der Waals surface area (Å²) in [6.45, 7) is 0. The van der Waals surface area contributed by atoms with Crippen LogP contribution in [-0.4, -0.2) is 9.78 Å². The second-order valence-corrected chi connectivity index (χ2v) is 7.00. The maximum Gasteiger partial charge on any atom is 0.208 e. The minimum absolute atomic E-state index is 0.689. The van der Waals surface area contributed by atoms with Crippen LogP contribution in [0.15, 0.2) is 101 Å². The van der Waals surface area contributed by atoms with Gasteiger partial charge >= 0.3 is 0 Å². The molecule has 0 atom stereocenters. The summed E-state index contributed by atoms with van der Waals surface area (Å²) >= 11 is 1.49. The fourth-order valence-electron chi connectivity index (χ4n) is 2.58. The predicted molar refractivity (Wildman–Crippen MR) is 114 cm³/mol. The number of benzene rings is 3. The number of aryl methyl sites for hydroxylation is 1. The molecule has 6 heteroatoms. The highest BCUT2D eigenvalue weighted by molar-refractivity contribution is 7.06. The second-order valence-electron chi connectivity index (χ2n) is 6.05. The molecule has 0 spiro atoms. The van der Waals surface area contributed by atoms with E-state index in [2.05, 4.69) is 10.4 Å². The Bertz CT molecular complexity index is 1180. The van der Waals surface area contributed by atoms with Crippen molar-refractivity contribution in [2.75, 3.05) is 5.32 Å². The highest BCUT2D eigenvalue weighted by atomic mass is 32.1. The van der Waals surface area contributed by atoms with Crippen molar-refractivity contribution >= 4 is 34.2 Å². The van der Waals surface area contributed by atoms with Gasteiger partial charge in [-0.05, 0) is 36.4 Å². The van der Waals surface area contributed by atoms with Crippen LogP contribution in [0, 0.1) is 0 Å². The molecule has 0 bridgehead atoms. The molecule has 0 aliphatic heterocycles. The van der Waals surface area contributed by atoms with Crippen LogP contribution in [0.25, 0.3) is 0 Å². The van der Waals surface area contributed by atoms with Crippen LogP contribution in [0.5, 0.6) is 0 Å². The van der Waals surface area contributed by atoms with Crippen molar-refractivity contribution in [1.82, 2.24) is 9.78 Å². The molecule has 1 N–H and O–H groups in total. The largest absolute Gasteiger partial charge is 0.336 e. The summed E-state index contributed by atoms with van der Waals surface area (Å²) in [6.07, 6.45) is 0. The first kappa shape index (κ1) is 17.9. The van der Waals surface area contributed by atoms with Crippen LogP contribution in [0.3, 0.4) is 0 Å². The summed E-state index contributed by atoms with van der Waals surface area (Å²) < 4.78 is 2.54. The quantitative estimate of drug-likeness (QED) is 0.554. The van der Waals surface area contributed by atoms with Gasteiger partial charge in [0.2, 0.25) is 4.80 Å². The standard InChI is InChI=1S/C22H19N5S/c1-27-22(25-19-15-9-4-10-16-19)28-21(24-18-13-7-3-8-14-18)20(26-27)23-17-11-5-2-6-12-17/h2-16H,1H3,(H,23,26). The molecule has 138 valence electrons. The third-order valence-electron chi connectivity index (χ3n) is 3.92. The minimum atomic E-state index is 0.689. The second kappa shape index (κ2) is 8.45. The van der Waals surface area contributed by atoms with Gasteiger partial charge in [0.15, 0.2) is 10.5 Å². The lowest BCUT2D eigenvalue weighted by atomic mass is 10.3. The van der Waals surface area contributed by atoms with Crippen molar-refractivity contribution < 1.29 is 0 Å². The fourth-order valence-corrected chi connectivity index (χ4v) is 3.41. The molecular formula is C22H19N5S. The molecule has 28 heavy (non-hydrogen) atoms. The number of anilines is 2. The van der Waals surface area contributed by atoms with E-state index in [9.17, 15) is 0 Å². The van der Waals surface area contributed by atoms with E-state index >= 15 is 0 Å². The Morgan fingerprint density at radius 2 is 1.29 bits per heavy atom. The molecule has 0 aliphatic carbocycles. The highest BCUT2D eigenvalue weighted by Crippen LogP contribution is 2.14. The van der Waals surface area contributed by atoms with Crippen LogP contribution in [-0.2, 0) is 7.05 Å². The summed E-state index contributed by atoms with van der Waals surface area (Å²) in [7, 11) is 1.89. The fraction of sp³-hybridized carbons (Fsp3) is 0.0455. The molecule has 1 aromatic heterocycles. The molecule has 3 aromatic carbocycles. The summed E-state index contributed by atoms with van der Waals surface area (Å²) in [4.78, 5) is 10.3. The predicted octanol–water partition coefficient (Wildman–Crippen LogP) is 4.69. The van der Waals surface area contributed by atoms with Crippen LogP contribution >= 0.6 is 11.3 Å². The highest BCUT2D eigenvalue weighted by Gasteiger charge is 2.05. The molecule has 0 aliphatic rings. The van der Waals surface area contributed by atoms with Gasteiger partial charge in [0, 0.05) is 12.7 Å². The monoisotopic (exact) mass is 385 g/mol. The topological polar surface area (TPSA) is 54.6 Å². The molecule has 4 rings (SSSR count). The molecule has 0 saturated heterocycles. The number of hydrogen-bond donors (Lipinski definition) is 1. The molecule has 4 aromatic rings. The van der Waals surface area contributed by atoms with E-state index in [1.807, 2.05) is 98.0 Å². The number of nitrogens with one attached hydrogen (secondary N) is 1. The maximum atomic E-state index is 4.80. The van der Waals surface area contributed by atoms with Gasteiger partial charge in [-0.15, -0.1) is 5.10 Å². The van der Waals surface area contributed by atoms with Gasteiger partial charge in [-0.25, -0.2) is 14.7 Å². The molecule has 0 saturated carbocycles. The first-order valence-corrected chi connectivity index (χ1v) is 9.70. The average Bonchev–Trinajstić information content (AvgIpc) is 2.74. The van der Waals surface area contributed by atoms with Gasteiger partial charge in [0.25, 0.3) is 0 Å². The van der Waals surface area contributed by atoms with Crippen molar-refractivity contribution in [3.05, 3.63) is 100 Å². The Kier molecular flexibility index (Phi) is 5.40. The Morgan fingerprint density at radius 3 is 1.89 bits per heavy atom. The van der Waals surface area contributed by atoms with Gasteiger partial charge in [0.05, 0.1) is 11.4 Å². The minimum Gasteiger partial charge on any atom is -0.336 e. The van der Waals surface area contributed by atoms with E-state index in [-0.39, 0.29) is 0 Å². The zero-order valence-corrected chi connectivity index (χ0v) is 16.2. The van der Waals surface area contributed by atoms with E-state index in [0.717, 1.165) is 26.5 Å². The molecule has 0 amide bonds. The lowest BCUT2D eigenvalue weighted by Gasteiger charge is -2.08. The van der Waals surface area contributed by atoms with Gasteiger partial charge in [-0.1, -0.05) is 65.9 Å². The Hall–Kier alpha value is -3.51. The number of rotatable bonds is 4. The lowest BCUT2D eigenvalue weighted by molar-refractivity contribution is 0.715. The summed E-state index contributed by atoms with van der Waals surface area (Å²) in [5, 5.41) is 8.06. The summed E-state index contributed by atoms with van der Waals surface area (Å²) in [5.41, 5.74) is 2.71. The molecule has 1 heterocycles. The van der Waals surface area contributed by atoms with Gasteiger partial charge in [0.1, 0.15) is 0 Å². The van der Waals surface area contributed by atoms with E-state index in [0.29, 0.717) is 5.82 Å². The van der Waals surface area contributed by atoms with Crippen molar-refractivity contribution in [2.24, 2.45) is 17.0 Å². The van der Waals surface area contributed by atoms with Crippen LogP contribution in [0.2, 0.25) is 0 Å². The molecule has 0 radical (unpaired) electrons. The lowest BCUT2D eigenvalue weighted by Crippen LogP contribution is -2.25. The smallest absolute Gasteiger partial charge is 0.208 e. The normalized spacial score (nSPS) is 12.2. The zero-order valence-electron chi connectivity index (χ0n) is 15.4. The van der Waals surface area contributed by atoms with E-state index < -0.39 is 0 Å². The van der Waals surface area contributed by atoms with Crippen molar-refractivity contribution in [3.63, 3.8) is 0 Å². The first-order chi connectivity index (χ1) is 13.8. The van der Waals surface area contributed by atoms with Crippen LogP contribution in [0.4, 0.5) is 22.9 Å². The molecule has 5 nitrogen and oxygen atoms in total. The number of aromatic nitrogens is 2. The van der Waals surface area contributed by atoms with E-state index in [1.54, 1.807) is 4.68 Å². The van der Waals surface area contributed by atoms with E-state index in [4.69, 9.17) is 9.98 Å². The van der Waals surface area contributed by atoms with Gasteiger partial charge < -0.3 is 5.32 Å². The Morgan fingerprint density at radius 1 is 0.750 bits per heavy atom.